The standard InChI is InChI=1S/C14H19FN2O3/c1-2-3-6-17(9-13(16)18)8-10-4-5-11(14(19)20)12(15)7-10/h4-5,7H,2-3,6,8-9H2,1H3,(H2,16,18)(H,19,20). The van der Waals surface area contributed by atoms with Crippen molar-refractivity contribution in [3.8, 4) is 0 Å². The summed E-state index contributed by atoms with van der Waals surface area (Å²) in [7, 11) is 0. The molecular formula is C14H19FN2O3. The summed E-state index contributed by atoms with van der Waals surface area (Å²) in [6, 6.07) is 3.96. The zero-order valence-corrected chi connectivity index (χ0v) is 11.4. The van der Waals surface area contributed by atoms with E-state index in [4.69, 9.17) is 10.8 Å². The summed E-state index contributed by atoms with van der Waals surface area (Å²) in [6.07, 6.45) is 1.88. The van der Waals surface area contributed by atoms with Crippen molar-refractivity contribution in [1.82, 2.24) is 4.90 Å². The molecule has 1 rings (SSSR count). The number of carboxylic acid groups (broad SMARTS) is 1. The normalized spacial score (nSPS) is 10.8. The zero-order valence-electron chi connectivity index (χ0n) is 11.4. The van der Waals surface area contributed by atoms with Gasteiger partial charge in [0.2, 0.25) is 5.91 Å². The first-order valence-corrected chi connectivity index (χ1v) is 6.46. The topological polar surface area (TPSA) is 83.6 Å². The Kier molecular flexibility index (Phi) is 6.11. The number of benzene rings is 1. The highest BCUT2D eigenvalue weighted by Gasteiger charge is 2.13. The highest BCUT2D eigenvalue weighted by molar-refractivity contribution is 5.87. The van der Waals surface area contributed by atoms with Crippen LogP contribution in [0.15, 0.2) is 18.2 Å². The molecular weight excluding hydrogens is 263 g/mol. The van der Waals surface area contributed by atoms with Crippen molar-refractivity contribution in [1.29, 1.82) is 0 Å². The molecule has 0 aromatic heterocycles. The van der Waals surface area contributed by atoms with Crippen LogP contribution in [0.3, 0.4) is 0 Å². The second-order valence-corrected chi connectivity index (χ2v) is 4.65. The summed E-state index contributed by atoms with van der Waals surface area (Å²) in [5.74, 6) is -2.51. The summed E-state index contributed by atoms with van der Waals surface area (Å²) in [5.41, 5.74) is 5.44. The van der Waals surface area contributed by atoms with Crippen molar-refractivity contribution >= 4 is 11.9 Å². The number of primary amides is 1. The van der Waals surface area contributed by atoms with Crippen molar-refractivity contribution < 1.29 is 19.1 Å². The minimum Gasteiger partial charge on any atom is -0.478 e. The molecule has 0 radical (unpaired) electrons. The Morgan fingerprint density at radius 3 is 2.60 bits per heavy atom. The summed E-state index contributed by atoms with van der Waals surface area (Å²) in [6.45, 7) is 3.17. The molecule has 1 aromatic rings. The van der Waals surface area contributed by atoms with Gasteiger partial charge >= 0.3 is 5.97 Å². The third kappa shape index (κ3) is 4.97. The highest BCUT2D eigenvalue weighted by Crippen LogP contribution is 2.13. The van der Waals surface area contributed by atoms with E-state index in [2.05, 4.69) is 0 Å². The van der Waals surface area contributed by atoms with Crippen LogP contribution in [0.2, 0.25) is 0 Å². The molecule has 0 spiro atoms. The van der Waals surface area contributed by atoms with Gasteiger partial charge in [-0.3, -0.25) is 9.69 Å². The van der Waals surface area contributed by atoms with Gasteiger partial charge in [-0.15, -0.1) is 0 Å². The fourth-order valence-electron chi connectivity index (χ4n) is 1.90. The number of hydrogen-bond acceptors (Lipinski definition) is 3. The molecule has 20 heavy (non-hydrogen) atoms. The smallest absolute Gasteiger partial charge is 0.338 e. The molecule has 0 heterocycles. The number of halogens is 1. The number of carbonyl (C=O) groups is 2. The van der Waals surface area contributed by atoms with Gasteiger partial charge in [-0.2, -0.15) is 0 Å². The molecule has 0 fully saturated rings. The van der Waals surface area contributed by atoms with Gasteiger partial charge in [0.1, 0.15) is 5.82 Å². The van der Waals surface area contributed by atoms with E-state index < -0.39 is 17.7 Å². The third-order valence-corrected chi connectivity index (χ3v) is 2.88. The fraction of sp³-hybridized carbons (Fsp3) is 0.429. The average molecular weight is 282 g/mol. The number of amides is 1. The first kappa shape index (κ1) is 16.1. The molecule has 0 saturated heterocycles. The molecule has 0 aliphatic heterocycles. The van der Waals surface area contributed by atoms with Crippen molar-refractivity contribution in [2.45, 2.75) is 26.3 Å². The van der Waals surface area contributed by atoms with Crippen molar-refractivity contribution in [2.24, 2.45) is 5.73 Å². The van der Waals surface area contributed by atoms with E-state index in [0.717, 1.165) is 12.8 Å². The predicted molar refractivity (Wildman–Crippen MR) is 72.7 cm³/mol. The SMILES string of the molecule is CCCCN(CC(N)=O)Cc1ccc(C(=O)O)c(F)c1. The van der Waals surface area contributed by atoms with Crippen molar-refractivity contribution in [2.75, 3.05) is 13.1 Å². The first-order chi connectivity index (χ1) is 9.43. The Labute approximate surface area is 117 Å². The van der Waals surface area contributed by atoms with Crippen LogP contribution in [0.25, 0.3) is 0 Å². The van der Waals surface area contributed by atoms with Gasteiger partial charge < -0.3 is 10.8 Å². The molecule has 5 nitrogen and oxygen atoms in total. The lowest BCUT2D eigenvalue weighted by Crippen LogP contribution is -2.34. The quantitative estimate of drug-likeness (QED) is 0.758. The number of aromatic carboxylic acids is 1. The Morgan fingerprint density at radius 2 is 2.10 bits per heavy atom. The maximum absolute atomic E-state index is 13.6. The lowest BCUT2D eigenvalue weighted by molar-refractivity contribution is -0.119. The van der Waals surface area contributed by atoms with E-state index >= 15 is 0 Å². The van der Waals surface area contributed by atoms with Gasteiger partial charge in [0.15, 0.2) is 0 Å². The van der Waals surface area contributed by atoms with E-state index in [9.17, 15) is 14.0 Å². The molecule has 6 heteroatoms. The van der Waals surface area contributed by atoms with E-state index in [1.165, 1.54) is 12.1 Å². The Bertz CT molecular complexity index is 491. The summed E-state index contributed by atoms with van der Waals surface area (Å²) >= 11 is 0. The van der Waals surface area contributed by atoms with Gasteiger partial charge in [0.25, 0.3) is 0 Å². The Morgan fingerprint density at radius 1 is 1.40 bits per heavy atom. The van der Waals surface area contributed by atoms with E-state index in [-0.39, 0.29) is 12.1 Å². The maximum Gasteiger partial charge on any atom is 0.338 e. The van der Waals surface area contributed by atoms with Crippen LogP contribution in [0.4, 0.5) is 4.39 Å². The minimum atomic E-state index is -1.30. The van der Waals surface area contributed by atoms with E-state index in [0.29, 0.717) is 18.7 Å². The van der Waals surface area contributed by atoms with Crippen LogP contribution >= 0.6 is 0 Å². The Hall–Kier alpha value is -1.95. The van der Waals surface area contributed by atoms with Gasteiger partial charge in [-0.05, 0) is 30.7 Å². The molecule has 1 aromatic carbocycles. The lowest BCUT2D eigenvalue weighted by atomic mass is 10.1. The van der Waals surface area contributed by atoms with E-state index in [1.807, 2.05) is 11.8 Å². The molecule has 1 amide bonds. The summed E-state index contributed by atoms with van der Waals surface area (Å²) < 4.78 is 13.6. The van der Waals surface area contributed by atoms with Gasteiger partial charge in [-0.1, -0.05) is 19.4 Å². The summed E-state index contributed by atoms with van der Waals surface area (Å²) in [5, 5.41) is 8.76. The highest BCUT2D eigenvalue weighted by atomic mass is 19.1. The van der Waals surface area contributed by atoms with Crippen molar-refractivity contribution in [3.05, 3.63) is 35.1 Å². The number of nitrogens with two attached hydrogens (primary N) is 1. The zero-order chi connectivity index (χ0) is 15.1. The number of carboxylic acids is 1. The molecule has 0 aliphatic rings. The molecule has 0 atom stereocenters. The maximum atomic E-state index is 13.6. The van der Waals surface area contributed by atoms with Crippen LogP contribution in [0, 0.1) is 5.82 Å². The van der Waals surface area contributed by atoms with Gasteiger partial charge in [0.05, 0.1) is 12.1 Å². The van der Waals surface area contributed by atoms with Gasteiger partial charge in [0, 0.05) is 6.54 Å². The van der Waals surface area contributed by atoms with E-state index in [1.54, 1.807) is 6.07 Å². The number of unbranched alkanes of at least 4 members (excludes halogenated alkanes) is 1. The second kappa shape index (κ2) is 7.59. The molecule has 0 unspecified atom stereocenters. The number of carbonyl (C=O) groups excluding carboxylic acids is 1. The number of nitrogens with zero attached hydrogens (tertiary/aromatic N) is 1. The molecule has 0 saturated carbocycles. The van der Waals surface area contributed by atoms with Crippen LogP contribution in [-0.4, -0.2) is 35.0 Å². The average Bonchev–Trinajstić information content (AvgIpc) is 2.35. The van der Waals surface area contributed by atoms with Crippen LogP contribution < -0.4 is 5.73 Å². The van der Waals surface area contributed by atoms with Crippen molar-refractivity contribution in [3.63, 3.8) is 0 Å². The van der Waals surface area contributed by atoms with Gasteiger partial charge in [-0.25, -0.2) is 9.18 Å². The molecule has 3 N–H and O–H groups in total. The minimum absolute atomic E-state index is 0.0995. The molecule has 110 valence electrons. The largest absolute Gasteiger partial charge is 0.478 e. The fourth-order valence-corrected chi connectivity index (χ4v) is 1.90. The lowest BCUT2D eigenvalue weighted by Gasteiger charge is -2.20. The number of rotatable bonds is 8. The number of hydrogen-bond donors (Lipinski definition) is 2. The monoisotopic (exact) mass is 282 g/mol. The molecule has 0 aliphatic carbocycles. The first-order valence-electron chi connectivity index (χ1n) is 6.46. The van der Waals surface area contributed by atoms with Crippen LogP contribution in [0.5, 0.6) is 0 Å². The third-order valence-electron chi connectivity index (χ3n) is 2.88. The van der Waals surface area contributed by atoms with Crippen LogP contribution in [-0.2, 0) is 11.3 Å². The predicted octanol–water partition coefficient (Wildman–Crippen LogP) is 1.61. The van der Waals surface area contributed by atoms with Crippen LogP contribution in [0.1, 0.15) is 35.7 Å². The second-order valence-electron chi connectivity index (χ2n) is 4.65. The Balaban J connectivity index is 2.79. The molecule has 0 bridgehead atoms. The summed E-state index contributed by atoms with van der Waals surface area (Å²) in [4.78, 5) is 23.6.